The highest BCUT2D eigenvalue weighted by molar-refractivity contribution is 7.98. The second kappa shape index (κ2) is 8.61. The minimum absolute atomic E-state index is 0.149. The number of amides is 3. The Balaban J connectivity index is 1.54. The van der Waals surface area contributed by atoms with Crippen molar-refractivity contribution in [3.05, 3.63) is 65.2 Å². The standard InChI is InChI=1S/C26H29N3O3S/c1-3-17-10-7-11-18-22(17)27-25(32)26(18)21-20(19(28-26)13-15-33-2)23(30)29(24(21)31)14-12-16-8-5-4-6-9-16/h4-11,19-21,28H,3,12-15H2,1-2H3,(H,27,32)/t19?,20-,21+,26?/m1/s1. The number of nitrogens with zero attached hydrogens (tertiary/aromatic N) is 1. The van der Waals surface area contributed by atoms with Crippen LogP contribution in [0.2, 0.25) is 0 Å². The molecule has 2 aromatic rings. The molecule has 5 rings (SSSR count). The molecule has 6 nitrogen and oxygen atoms in total. The van der Waals surface area contributed by atoms with Gasteiger partial charge in [0.25, 0.3) is 0 Å². The van der Waals surface area contributed by atoms with E-state index in [1.54, 1.807) is 11.8 Å². The van der Waals surface area contributed by atoms with Crippen molar-refractivity contribution in [1.29, 1.82) is 0 Å². The topological polar surface area (TPSA) is 78.5 Å². The van der Waals surface area contributed by atoms with Crippen LogP contribution in [0.15, 0.2) is 48.5 Å². The van der Waals surface area contributed by atoms with E-state index >= 15 is 0 Å². The number of anilines is 1. The average molecular weight is 464 g/mol. The van der Waals surface area contributed by atoms with Crippen LogP contribution < -0.4 is 10.6 Å². The number of likely N-dealkylation sites (tertiary alicyclic amines) is 1. The van der Waals surface area contributed by atoms with Gasteiger partial charge in [-0.2, -0.15) is 11.8 Å². The summed E-state index contributed by atoms with van der Waals surface area (Å²) >= 11 is 1.71. The molecular weight excluding hydrogens is 434 g/mol. The summed E-state index contributed by atoms with van der Waals surface area (Å²) in [6, 6.07) is 15.5. The number of hydrogen-bond acceptors (Lipinski definition) is 5. The molecule has 172 valence electrons. The Labute approximate surface area is 198 Å². The highest BCUT2D eigenvalue weighted by atomic mass is 32.2. The molecule has 3 aliphatic rings. The normalized spacial score (nSPS) is 27.9. The van der Waals surface area contributed by atoms with E-state index in [-0.39, 0.29) is 23.8 Å². The molecule has 2 unspecified atom stereocenters. The predicted molar refractivity (Wildman–Crippen MR) is 130 cm³/mol. The zero-order valence-electron chi connectivity index (χ0n) is 19.0. The zero-order valence-corrected chi connectivity index (χ0v) is 19.8. The summed E-state index contributed by atoms with van der Waals surface area (Å²) in [5.41, 5.74) is 2.53. The molecule has 2 N–H and O–H groups in total. The van der Waals surface area contributed by atoms with Crippen LogP contribution in [0.5, 0.6) is 0 Å². The van der Waals surface area contributed by atoms with E-state index in [2.05, 4.69) is 17.6 Å². The van der Waals surface area contributed by atoms with Crippen molar-refractivity contribution in [2.45, 2.75) is 37.8 Å². The number of aryl methyl sites for hydroxylation is 1. The SMILES string of the molecule is CCc1cccc2c1NC(=O)C21NC(CCSC)[C@H]2C(=O)N(CCc3ccccc3)C(=O)[C@H]21. The van der Waals surface area contributed by atoms with Crippen molar-refractivity contribution in [3.63, 3.8) is 0 Å². The molecule has 1 spiro atoms. The van der Waals surface area contributed by atoms with Crippen LogP contribution in [-0.2, 0) is 32.8 Å². The maximum absolute atomic E-state index is 13.8. The Kier molecular flexibility index (Phi) is 5.79. The third-order valence-corrected chi connectivity index (χ3v) is 8.05. The monoisotopic (exact) mass is 463 g/mol. The summed E-state index contributed by atoms with van der Waals surface area (Å²) in [5.74, 6) is -0.991. The highest BCUT2D eigenvalue weighted by Crippen LogP contribution is 2.54. The number of rotatable bonds is 7. The molecule has 2 aromatic carbocycles. The number of benzene rings is 2. The summed E-state index contributed by atoms with van der Waals surface area (Å²) in [4.78, 5) is 42.4. The van der Waals surface area contributed by atoms with Gasteiger partial charge in [0.1, 0.15) is 5.54 Å². The first kappa shape index (κ1) is 22.2. The molecule has 0 aliphatic carbocycles. The van der Waals surface area contributed by atoms with Gasteiger partial charge in [-0.1, -0.05) is 55.5 Å². The number of para-hydroxylation sites is 1. The lowest BCUT2D eigenvalue weighted by atomic mass is 9.76. The van der Waals surface area contributed by atoms with Gasteiger partial charge in [0.15, 0.2) is 0 Å². The molecule has 0 radical (unpaired) electrons. The van der Waals surface area contributed by atoms with Gasteiger partial charge in [-0.3, -0.25) is 24.6 Å². The van der Waals surface area contributed by atoms with E-state index in [4.69, 9.17) is 0 Å². The zero-order chi connectivity index (χ0) is 23.2. The number of nitrogens with one attached hydrogen (secondary N) is 2. The third-order valence-electron chi connectivity index (χ3n) is 7.41. The van der Waals surface area contributed by atoms with Crippen LogP contribution in [0.1, 0.15) is 30.0 Å². The van der Waals surface area contributed by atoms with Crippen LogP contribution in [-0.4, -0.2) is 47.2 Å². The van der Waals surface area contributed by atoms with Crippen molar-refractivity contribution in [2.75, 3.05) is 23.9 Å². The van der Waals surface area contributed by atoms with Gasteiger partial charge >= 0.3 is 0 Å². The Morgan fingerprint density at radius 3 is 2.55 bits per heavy atom. The van der Waals surface area contributed by atoms with Crippen molar-refractivity contribution >= 4 is 35.2 Å². The van der Waals surface area contributed by atoms with Crippen molar-refractivity contribution < 1.29 is 14.4 Å². The average Bonchev–Trinajstić information content (AvgIpc) is 3.41. The van der Waals surface area contributed by atoms with Crippen molar-refractivity contribution in [1.82, 2.24) is 10.2 Å². The fourth-order valence-electron chi connectivity index (χ4n) is 5.84. The van der Waals surface area contributed by atoms with E-state index in [0.717, 1.165) is 41.0 Å². The Hall–Kier alpha value is -2.64. The number of hydrogen-bond donors (Lipinski definition) is 2. The molecule has 33 heavy (non-hydrogen) atoms. The number of fused-ring (bicyclic) bond motifs is 4. The van der Waals surface area contributed by atoms with Gasteiger partial charge in [-0.25, -0.2) is 0 Å². The summed E-state index contributed by atoms with van der Waals surface area (Å²) < 4.78 is 0. The van der Waals surface area contributed by atoms with Crippen LogP contribution >= 0.6 is 11.8 Å². The summed E-state index contributed by atoms with van der Waals surface area (Å²) in [7, 11) is 0. The lowest BCUT2D eigenvalue weighted by Gasteiger charge is -2.29. The minimum atomic E-state index is -1.19. The highest BCUT2D eigenvalue weighted by Gasteiger charge is 2.70. The van der Waals surface area contributed by atoms with Gasteiger partial charge in [0.2, 0.25) is 17.7 Å². The van der Waals surface area contributed by atoms with Crippen molar-refractivity contribution in [3.8, 4) is 0 Å². The second-order valence-corrected chi connectivity index (χ2v) is 10.0. The van der Waals surface area contributed by atoms with E-state index in [1.807, 2.05) is 54.8 Å². The third kappa shape index (κ3) is 3.32. The van der Waals surface area contributed by atoms with Crippen LogP contribution in [0.4, 0.5) is 5.69 Å². The molecule has 0 saturated carbocycles. The first-order valence-corrected chi connectivity index (χ1v) is 13.0. The van der Waals surface area contributed by atoms with Crippen LogP contribution in [0, 0.1) is 11.8 Å². The van der Waals surface area contributed by atoms with Gasteiger partial charge in [0, 0.05) is 23.8 Å². The maximum atomic E-state index is 13.8. The Morgan fingerprint density at radius 2 is 1.82 bits per heavy atom. The molecule has 4 atom stereocenters. The quantitative estimate of drug-likeness (QED) is 0.618. The van der Waals surface area contributed by atoms with Gasteiger partial charge in [-0.05, 0) is 42.4 Å². The Morgan fingerprint density at radius 1 is 1.03 bits per heavy atom. The van der Waals surface area contributed by atoms with E-state index in [0.29, 0.717) is 13.0 Å². The first-order chi connectivity index (χ1) is 16.0. The van der Waals surface area contributed by atoms with Gasteiger partial charge in [0.05, 0.1) is 11.8 Å². The molecule has 7 heteroatoms. The summed E-state index contributed by atoms with van der Waals surface area (Å²) in [6.07, 6.45) is 4.14. The molecule has 3 aliphatic heterocycles. The number of imide groups is 1. The van der Waals surface area contributed by atoms with Crippen LogP contribution in [0.25, 0.3) is 0 Å². The van der Waals surface area contributed by atoms with Crippen LogP contribution in [0.3, 0.4) is 0 Å². The van der Waals surface area contributed by atoms with Gasteiger partial charge in [-0.15, -0.1) is 0 Å². The van der Waals surface area contributed by atoms with E-state index in [1.165, 1.54) is 4.90 Å². The van der Waals surface area contributed by atoms with E-state index < -0.39 is 17.4 Å². The molecule has 3 heterocycles. The molecule has 0 bridgehead atoms. The van der Waals surface area contributed by atoms with Gasteiger partial charge < -0.3 is 5.32 Å². The molecule has 2 saturated heterocycles. The Bertz CT molecular complexity index is 1110. The number of carbonyl (C=O) groups excluding carboxylic acids is 3. The number of thioether (sulfide) groups is 1. The molecular formula is C26H29N3O3S. The lowest BCUT2D eigenvalue weighted by molar-refractivity contribution is -0.142. The molecule has 2 fully saturated rings. The smallest absolute Gasteiger partial charge is 0.250 e. The van der Waals surface area contributed by atoms with Crippen molar-refractivity contribution in [2.24, 2.45) is 11.8 Å². The minimum Gasteiger partial charge on any atom is -0.324 e. The summed E-state index contributed by atoms with van der Waals surface area (Å²) in [5, 5.41) is 6.58. The largest absolute Gasteiger partial charge is 0.324 e. The maximum Gasteiger partial charge on any atom is 0.250 e. The summed E-state index contributed by atoms with van der Waals surface area (Å²) in [6.45, 7) is 2.39. The fourth-order valence-corrected chi connectivity index (χ4v) is 6.33. The number of carbonyl (C=O) groups is 3. The second-order valence-electron chi connectivity index (χ2n) is 9.05. The fraction of sp³-hybridized carbons (Fsp3) is 0.423. The molecule has 0 aromatic heterocycles. The lowest BCUT2D eigenvalue weighted by Crippen LogP contribution is -2.53. The van der Waals surface area contributed by atoms with E-state index in [9.17, 15) is 14.4 Å². The first-order valence-electron chi connectivity index (χ1n) is 11.6. The molecule has 3 amide bonds. The predicted octanol–water partition coefficient (Wildman–Crippen LogP) is 2.97.